The van der Waals surface area contributed by atoms with Crippen molar-refractivity contribution >= 4 is 40.8 Å². The van der Waals surface area contributed by atoms with Crippen molar-refractivity contribution in [1.82, 2.24) is 20.5 Å². The predicted molar refractivity (Wildman–Crippen MR) is 143 cm³/mol. The number of H-pyrrole nitrogens is 1. The molecule has 6 nitrogen and oxygen atoms in total. The number of aliphatic hydroxyl groups is 1. The highest BCUT2D eigenvalue weighted by Crippen LogP contribution is 2.17. The van der Waals surface area contributed by atoms with E-state index >= 15 is 0 Å². The van der Waals surface area contributed by atoms with Gasteiger partial charge in [-0.05, 0) is 42.0 Å². The molecule has 1 aliphatic rings. The molecule has 0 atom stereocenters. The van der Waals surface area contributed by atoms with E-state index in [1.165, 1.54) is 27.6 Å². The molecular weight excluding hydrogens is 513 g/mol. The van der Waals surface area contributed by atoms with Crippen LogP contribution in [0, 0.1) is 0 Å². The first-order valence-corrected chi connectivity index (χ1v) is 11.2. The average Bonchev–Trinajstić information content (AvgIpc) is 3.22. The number of halogens is 1. The Kier molecular flexibility index (Phi) is 9.37. The number of guanidine groups is 1. The summed E-state index contributed by atoms with van der Waals surface area (Å²) in [7, 11) is 1.81. The summed E-state index contributed by atoms with van der Waals surface area (Å²) in [5.41, 5.74) is 5.05. The summed E-state index contributed by atoms with van der Waals surface area (Å²) in [5, 5.41) is 17.7. The van der Waals surface area contributed by atoms with Crippen LogP contribution in [0.1, 0.15) is 29.5 Å². The highest BCUT2D eigenvalue weighted by atomic mass is 127. The fourth-order valence-electron chi connectivity index (χ4n) is 4.16. The molecule has 4 N–H and O–H groups in total. The second-order valence-corrected chi connectivity index (χ2v) is 8.29. The summed E-state index contributed by atoms with van der Waals surface area (Å²) in [6.07, 6.45) is 4.68. The van der Waals surface area contributed by atoms with Gasteiger partial charge in [-0.3, -0.25) is 9.89 Å². The first kappa shape index (κ1) is 24.5. The number of nitrogens with zero attached hydrogens (tertiary/aromatic N) is 2. The smallest absolute Gasteiger partial charge is 0.191 e. The Hall–Kier alpha value is -2.10. The number of rotatable bonds is 7. The predicted octanol–water partition coefficient (Wildman–Crippen LogP) is 3.65. The fourth-order valence-corrected chi connectivity index (χ4v) is 4.16. The van der Waals surface area contributed by atoms with Crippen molar-refractivity contribution in [2.45, 2.75) is 38.5 Å². The van der Waals surface area contributed by atoms with Crippen LogP contribution >= 0.6 is 24.0 Å². The van der Waals surface area contributed by atoms with E-state index in [9.17, 15) is 5.11 Å². The SMILES string of the molecule is CN=C(NCCc1c[nH]c2ccccc12)NCc1ccc(CN2CCC(O)CC2)cc1.I. The summed E-state index contributed by atoms with van der Waals surface area (Å²) in [4.78, 5) is 10.1. The molecule has 7 heteroatoms. The Balaban J connectivity index is 0.00000289. The highest BCUT2D eigenvalue weighted by Gasteiger charge is 2.16. The largest absolute Gasteiger partial charge is 0.393 e. The summed E-state index contributed by atoms with van der Waals surface area (Å²) < 4.78 is 0. The summed E-state index contributed by atoms with van der Waals surface area (Å²) >= 11 is 0. The summed E-state index contributed by atoms with van der Waals surface area (Å²) in [5.74, 6) is 0.816. The molecule has 32 heavy (non-hydrogen) atoms. The van der Waals surface area contributed by atoms with Crippen molar-refractivity contribution in [2.24, 2.45) is 4.99 Å². The Labute approximate surface area is 207 Å². The van der Waals surface area contributed by atoms with Gasteiger partial charge in [-0.25, -0.2) is 0 Å². The number of nitrogens with one attached hydrogen (secondary N) is 3. The molecule has 2 aromatic carbocycles. The summed E-state index contributed by atoms with van der Waals surface area (Å²) in [6, 6.07) is 17.2. The highest BCUT2D eigenvalue weighted by molar-refractivity contribution is 14.0. The Morgan fingerprint density at radius 2 is 1.78 bits per heavy atom. The van der Waals surface area contributed by atoms with Gasteiger partial charge in [-0.15, -0.1) is 24.0 Å². The van der Waals surface area contributed by atoms with Crippen molar-refractivity contribution in [3.05, 3.63) is 71.4 Å². The molecule has 0 unspecified atom stereocenters. The number of hydrogen-bond donors (Lipinski definition) is 4. The van der Waals surface area contributed by atoms with Gasteiger partial charge < -0.3 is 20.7 Å². The molecule has 0 spiro atoms. The van der Waals surface area contributed by atoms with Gasteiger partial charge in [0.05, 0.1) is 6.10 Å². The number of hydrogen-bond acceptors (Lipinski definition) is 3. The van der Waals surface area contributed by atoms with Crippen molar-refractivity contribution in [3.8, 4) is 0 Å². The molecule has 0 bridgehead atoms. The lowest BCUT2D eigenvalue weighted by atomic mass is 10.1. The molecule has 3 aromatic rings. The number of likely N-dealkylation sites (tertiary alicyclic amines) is 1. The third-order valence-corrected chi connectivity index (χ3v) is 6.03. The average molecular weight is 547 g/mol. The van der Waals surface area contributed by atoms with E-state index in [1.54, 1.807) is 7.05 Å². The van der Waals surface area contributed by atoms with Crippen LogP contribution < -0.4 is 10.6 Å². The first-order chi connectivity index (χ1) is 15.2. The van der Waals surface area contributed by atoms with Crippen molar-refractivity contribution in [3.63, 3.8) is 0 Å². The van der Waals surface area contributed by atoms with E-state index in [0.717, 1.165) is 57.9 Å². The van der Waals surface area contributed by atoms with Crippen molar-refractivity contribution in [1.29, 1.82) is 0 Å². The molecule has 0 radical (unpaired) electrons. The van der Waals surface area contributed by atoms with Gasteiger partial charge >= 0.3 is 0 Å². The Bertz CT molecular complexity index is 993. The number of benzene rings is 2. The van der Waals surface area contributed by atoms with E-state index in [0.29, 0.717) is 0 Å². The van der Waals surface area contributed by atoms with Gasteiger partial charge in [0.25, 0.3) is 0 Å². The number of aliphatic hydroxyl groups excluding tert-OH is 1. The molecule has 4 rings (SSSR count). The normalized spacial score (nSPS) is 15.5. The second kappa shape index (κ2) is 12.2. The van der Waals surface area contributed by atoms with Gasteiger partial charge in [0, 0.05) is 56.9 Å². The molecule has 1 saturated heterocycles. The molecule has 172 valence electrons. The lowest BCUT2D eigenvalue weighted by Crippen LogP contribution is -2.37. The van der Waals surface area contributed by atoms with E-state index < -0.39 is 0 Å². The van der Waals surface area contributed by atoms with Gasteiger partial charge in [0.2, 0.25) is 0 Å². The maximum Gasteiger partial charge on any atom is 0.191 e. The van der Waals surface area contributed by atoms with Crippen LogP contribution in [0.25, 0.3) is 10.9 Å². The third-order valence-electron chi connectivity index (χ3n) is 6.03. The van der Waals surface area contributed by atoms with E-state index in [1.807, 2.05) is 0 Å². The topological polar surface area (TPSA) is 75.7 Å². The van der Waals surface area contributed by atoms with Gasteiger partial charge in [0.1, 0.15) is 0 Å². The van der Waals surface area contributed by atoms with Crippen LogP contribution in [0.2, 0.25) is 0 Å². The number of para-hydroxylation sites is 1. The van der Waals surface area contributed by atoms with Crippen LogP contribution in [0.3, 0.4) is 0 Å². The molecule has 0 aliphatic carbocycles. The summed E-state index contributed by atoms with van der Waals surface area (Å²) in [6.45, 7) is 4.47. The standard InChI is InChI=1S/C25H33N5O.HI/c1-26-25(27-13-10-21-17-28-24-5-3-2-4-23(21)24)29-16-19-6-8-20(9-7-19)18-30-14-11-22(31)12-15-30;/h2-9,17,22,28,31H,10-16,18H2,1H3,(H2,26,27,29);1H. The number of piperidine rings is 1. The van der Waals surface area contributed by atoms with Gasteiger partial charge in [-0.2, -0.15) is 0 Å². The lowest BCUT2D eigenvalue weighted by molar-refractivity contribution is 0.0792. The number of aromatic nitrogens is 1. The van der Waals surface area contributed by atoms with Crippen molar-refractivity contribution < 1.29 is 5.11 Å². The zero-order chi connectivity index (χ0) is 21.5. The number of aromatic amines is 1. The molecule has 0 amide bonds. The van der Waals surface area contributed by atoms with E-state index in [4.69, 9.17) is 0 Å². The monoisotopic (exact) mass is 547 g/mol. The molecule has 1 aromatic heterocycles. The fraction of sp³-hybridized carbons (Fsp3) is 0.400. The quantitative estimate of drug-likeness (QED) is 0.207. The van der Waals surface area contributed by atoms with Crippen LogP contribution in [0.5, 0.6) is 0 Å². The number of aliphatic imine (C=N–C) groups is 1. The van der Waals surface area contributed by atoms with Crippen LogP contribution in [-0.2, 0) is 19.5 Å². The van der Waals surface area contributed by atoms with Crippen LogP contribution in [0.15, 0.2) is 59.7 Å². The molecule has 1 fully saturated rings. The third kappa shape index (κ3) is 6.70. The Morgan fingerprint density at radius 1 is 1.06 bits per heavy atom. The maximum absolute atomic E-state index is 9.65. The van der Waals surface area contributed by atoms with Gasteiger partial charge in [-0.1, -0.05) is 42.5 Å². The minimum atomic E-state index is -0.116. The minimum Gasteiger partial charge on any atom is -0.393 e. The van der Waals surface area contributed by atoms with Gasteiger partial charge in [0.15, 0.2) is 5.96 Å². The second-order valence-electron chi connectivity index (χ2n) is 8.29. The number of fused-ring (bicyclic) bond motifs is 1. The zero-order valence-corrected chi connectivity index (χ0v) is 21.0. The van der Waals surface area contributed by atoms with Crippen LogP contribution in [-0.4, -0.2) is 53.7 Å². The van der Waals surface area contributed by atoms with E-state index in [2.05, 4.69) is 80.2 Å². The maximum atomic E-state index is 9.65. The molecular formula is C25H34IN5O. The van der Waals surface area contributed by atoms with Crippen molar-refractivity contribution in [2.75, 3.05) is 26.7 Å². The lowest BCUT2D eigenvalue weighted by Gasteiger charge is -2.29. The van der Waals surface area contributed by atoms with Crippen LogP contribution in [0.4, 0.5) is 0 Å². The molecule has 2 heterocycles. The van der Waals surface area contributed by atoms with E-state index in [-0.39, 0.29) is 30.1 Å². The Morgan fingerprint density at radius 3 is 2.53 bits per heavy atom. The first-order valence-electron chi connectivity index (χ1n) is 11.2. The zero-order valence-electron chi connectivity index (χ0n) is 18.7. The molecule has 0 saturated carbocycles. The molecule has 1 aliphatic heterocycles. The minimum absolute atomic E-state index is 0.